The van der Waals surface area contributed by atoms with Crippen LogP contribution >= 0.6 is 11.6 Å². The molecule has 14 nitrogen and oxygen atoms in total. The first-order chi connectivity index (χ1) is 30.8. The zero-order valence-corrected chi connectivity index (χ0v) is 38.1. The molecule has 0 N–H and O–H groups in total. The van der Waals surface area contributed by atoms with Crippen LogP contribution in [0.2, 0.25) is 0 Å². The standard InChI is InChI=1S/2C20H29N5O.C8H7ClO2/c2*1-21-12-15-6-4-11-25(13-15)19-17-8-3-9-18(17)22-20(23-19)26-14-16-7-5-10-24(16)2;9-8(10)11-6-7-4-2-1-3-5-7/h2*15-16H,3-14H2,2H3;1-5H,6H2/t2*15-,16-;/m00./s1. The minimum absolute atomic E-state index is 0.239. The molecule has 4 atom stereocenters. The lowest BCUT2D eigenvalue weighted by molar-refractivity contribution is 0.167. The number of ether oxygens (including phenoxy) is 3. The van der Waals surface area contributed by atoms with Crippen LogP contribution in [0.3, 0.4) is 0 Å². The van der Waals surface area contributed by atoms with Gasteiger partial charge in [0.05, 0.1) is 11.4 Å². The molecular weight excluding hydrogens is 816 g/mol. The fourth-order valence-corrected chi connectivity index (χ4v) is 9.99. The number of benzene rings is 1. The average molecular weight is 882 g/mol. The van der Waals surface area contributed by atoms with E-state index in [0.29, 0.717) is 62.2 Å². The number of aryl methyl sites for hydroxylation is 2. The van der Waals surface area contributed by atoms with Crippen molar-refractivity contribution in [3.05, 3.63) is 81.2 Å². The highest BCUT2D eigenvalue weighted by atomic mass is 35.5. The maximum atomic E-state index is 10.2. The van der Waals surface area contributed by atoms with Gasteiger partial charge in [0.25, 0.3) is 0 Å². The molecule has 338 valence electrons. The van der Waals surface area contributed by atoms with Crippen molar-refractivity contribution in [3.8, 4) is 12.0 Å². The minimum Gasteiger partial charge on any atom is -0.462 e. The third-order valence-corrected chi connectivity index (χ3v) is 13.6. The van der Waals surface area contributed by atoms with Crippen LogP contribution < -0.4 is 19.3 Å². The molecule has 3 aromatic rings. The molecule has 0 spiro atoms. The summed E-state index contributed by atoms with van der Waals surface area (Å²) in [7, 11) is 4.34. The molecule has 9 rings (SSSR count). The number of nitrogens with zero attached hydrogens (tertiary/aromatic N) is 10. The molecule has 0 amide bonds. The Morgan fingerprint density at radius 2 is 1.14 bits per heavy atom. The molecule has 0 bridgehead atoms. The Bertz CT molecular complexity index is 1930. The van der Waals surface area contributed by atoms with Gasteiger partial charge in [0, 0.05) is 72.8 Å². The van der Waals surface area contributed by atoms with Crippen molar-refractivity contribution in [2.24, 2.45) is 11.8 Å². The van der Waals surface area contributed by atoms with Crippen molar-refractivity contribution < 1.29 is 19.0 Å². The van der Waals surface area contributed by atoms with Crippen LogP contribution in [-0.2, 0) is 37.0 Å². The normalized spacial score (nSPS) is 23.0. The van der Waals surface area contributed by atoms with E-state index in [4.69, 9.17) is 54.2 Å². The molecule has 0 unspecified atom stereocenters. The Labute approximate surface area is 379 Å². The predicted molar refractivity (Wildman–Crippen MR) is 246 cm³/mol. The summed E-state index contributed by atoms with van der Waals surface area (Å²) in [6, 6.07) is 11.4. The highest BCUT2D eigenvalue weighted by Crippen LogP contribution is 2.35. The first-order valence-corrected chi connectivity index (χ1v) is 23.6. The summed E-state index contributed by atoms with van der Waals surface area (Å²) in [5, 5.41) is 0. The van der Waals surface area contributed by atoms with Crippen LogP contribution in [0.25, 0.3) is 9.69 Å². The quantitative estimate of drug-likeness (QED) is 0.131. The second kappa shape index (κ2) is 23.3. The maximum absolute atomic E-state index is 10.2. The van der Waals surface area contributed by atoms with Gasteiger partial charge < -0.3 is 43.5 Å². The van der Waals surface area contributed by atoms with Crippen LogP contribution in [0.5, 0.6) is 12.0 Å². The van der Waals surface area contributed by atoms with E-state index in [1.165, 1.54) is 48.2 Å². The minimum atomic E-state index is -0.770. The van der Waals surface area contributed by atoms with Gasteiger partial charge in [0.1, 0.15) is 31.5 Å². The monoisotopic (exact) mass is 880 g/mol. The molecule has 4 aliphatic heterocycles. The van der Waals surface area contributed by atoms with Crippen molar-refractivity contribution in [1.29, 1.82) is 0 Å². The summed E-state index contributed by atoms with van der Waals surface area (Å²) in [5.41, 5.74) is 5.15. The van der Waals surface area contributed by atoms with Gasteiger partial charge in [-0.05, 0) is 123 Å². The van der Waals surface area contributed by atoms with Gasteiger partial charge in [0.15, 0.2) is 0 Å². The molecule has 15 heteroatoms. The number of likely N-dealkylation sites (N-methyl/N-ethyl adjacent to an activating group) is 2. The Hall–Kier alpha value is -4.76. The van der Waals surface area contributed by atoms with Crippen molar-refractivity contribution in [3.63, 3.8) is 0 Å². The third kappa shape index (κ3) is 12.9. The molecule has 2 aromatic heterocycles. The van der Waals surface area contributed by atoms with Crippen LogP contribution in [0.1, 0.15) is 92.3 Å². The van der Waals surface area contributed by atoms with Gasteiger partial charge in [-0.15, -0.1) is 0 Å². The van der Waals surface area contributed by atoms with Gasteiger partial charge in [-0.2, -0.15) is 19.9 Å². The molecule has 1 aromatic carbocycles. The fraction of sp³-hybridized carbons (Fsp3) is 0.646. The lowest BCUT2D eigenvalue weighted by Gasteiger charge is -2.32. The predicted octanol–water partition coefficient (Wildman–Crippen LogP) is 7.71. The average Bonchev–Trinajstić information content (AvgIpc) is 4.14. The van der Waals surface area contributed by atoms with Crippen LogP contribution in [0.15, 0.2) is 30.3 Å². The van der Waals surface area contributed by atoms with Crippen molar-refractivity contribution in [1.82, 2.24) is 29.7 Å². The largest absolute Gasteiger partial charge is 0.462 e. The number of rotatable bonds is 12. The zero-order chi connectivity index (χ0) is 44.0. The first kappa shape index (κ1) is 46.2. The number of piperidine rings is 2. The molecule has 4 fully saturated rings. The van der Waals surface area contributed by atoms with Gasteiger partial charge in [0.2, 0.25) is 13.1 Å². The topological polar surface area (TPSA) is 118 Å². The Morgan fingerprint density at radius 3 is 1.57 bits per heavy atom. The second-order valence-electron chi connectivity index (χ2n) is 18.0. The molecule has 0 radical (unpaired) electrons. The number of fused-ring (bicyclic) bond motifs is 2. The molecule has 0 saturated carbocycles. The van der Waals surface area contributed by atoms with E-state index >= 15 is 0 Å². The number of aromatic nitrogens is 4. The number of halogens is 1. The van der Waals surface area contributed by atoms with Crippen LogP contribution in [0, 0.1) is 25.0 Å². The summed E-state index contributed by atoms with van der Waals surface area (Å²) in [5.74, 6) is 3.09. The summed E-state index contributed by atoms with van der Waals surface area (Å²) in [4.78, 5) is 46.1. The Morgan fingerprint density at radius 1 is 0.667 bits per heavy atom. The maximum Gasteiger partial charge on any atom is 0.404 e. The molecule has 2 aliphatic carbocycles. The van der Waals surface area contributed by atoms with Gasteiger partial charge in [-0.25, -0.2) is 17.9 Å². The van der Waals surface area contributed by atoms with E-state index in [1.54, 1.807) is 0 Å². The highest BCUT2D eigenvalue weighted by molar-refractivity contribution is 6.61. The van der Waals surface area contributed by atoms with Crippen LogP contribution in [0.4, 0.5) is 16.4 Å². The lowest BCUT2D eigenvalue weighted by Crippen LogP contribution is -2.37. The second-order valence-corrected chi connectivity index (χ2v) is 18.3. The summed E-state index contributed by atoms with van der Waals surface area (Å²) >= 11 is 4.97. The molecule has 63 heavy (non-hydrogen) atoms. The smallest absolute Gasteiger partial charge is 0.404 e. The highest BCUT2D eigenvalue weighted by Gasteiger charge is 2.31. The van der Waals surface area contributed by atoms with Crippen molar-refractivity contribution in [2.75, 3.05) is 89.5 Å². The van der Waals surface area contributed by atoms with E-state index in [9.17, 15) is 4.79 Å². The number of hydrogen-bond acceptors (Lipinski definition) is 12. The van der Waals surface area contributed by atoms with Gasteiger partial charge >= 0.3 is 17.4 Å². The third-order valence-electron chi connectivity index (χ3n) is 13.5. The molecule has 4 saturated heterocycles. The number of hydrogen-bond donors (Lipinski definition) is 0. The van der Waals surface area contributed by atoms with E-state index in [0.717, 1.165) is 121 Å². The zero-order valence-electron chi connectivity index (χ0n) is 37.4. The fourth-order valence-electron chi connectivity index (χ4n) is 9.94. The summed E-state index contributed by atoms with van der Waals surface area (Å²) in [6.07, 6.45) is 16.0. The first-order valence-electron chi connectivity index (χ1n) is 23.3. The Balaban J connectivity index is 0.000000153. The van der Waals surface area contributed by atoms with Gasteiger partial charge in [-0.1, -0.05) is 30.3 Å². The summed E-state index contributed by atoms with van der Waals surface area (Å²) in [6.45, 7) is 23.4. The van der Waals surface area contributed by atoms with Crippen molar-refractivity contribution in [2.45, 2.75) is 109 Å². The molecule has 6 heterocycles. The lowest BCUT2D eigenvalue weighted by atomic mass is 9.98. The van der Waals surface area contributed by atoms with Gasteiger partial charge in [-0.3, -0.25) is 0 Å². The number of carbonyl (C=O) groups is 1. The number of carbonyl (C=O) groups excluding carboxylic acids is 1. The Kier molecular flexibility index (Phi) is 17.1. The van der Waals surface area contributed by atoms with E-state index in [2.05, 4.69) is 48.1 Å². The molecule has 6 aliphatic rings. The number of anilines is 2. The molecular formula is C48H65ClN10O4. The SMILES string of the molecule is O=C(Cl)OCc1ccccc1.[C-]#[N+]C[C@@H]1CCCN(c2nc(OC[C@@H]3CCCN3C)nc3c2CCC3)C1.[C-]#[N+]C[C@@H]1CCCN(c2nc(OC[C@@H]3CCCN3C)nc3c2CCC3)C1. The van der Waals surface area contributed by atoms with E-state index in [1.807, 2.05) is 30.3 Å². The van der Waals surface area contributed by atoms with Crippen LogP contribution in [-0.4, -0.2) is 127 Å². The van der Waals surface area contributed by atoms with E-state index < -0.39 is 5.43 Å². The summed E-state index contributed by atoms with van der Waals surface area (Å²) < 4.78 is 16.7. The van der Waals surface area contributed by atoms with E-state index in [-0.39, 0.29) is 6.61 Å². The number of likely N-dealkylation sites (tertiary alicyclic amines) is 2. The van der Waals surface area contributed by atoms with Crippen molar-refractivity contribution >= 4 is 28.7 Å².